The van der Waals surface area contributed by atoms with Crippen molar-refractivity contribution < 1.29 is 9.53 Å². The summed E-state index contributed by atoms with van der Waals surface area (Å²) in [5, 5.41) is 4.22. The standard InChI is InChI=1S/C18H25N5O3/c1-13-15(9-21-22(13)2)3-4-18(25)23-5-6-26-11-14(10-23)7-16-8-17(24)20-12-19-16/h8-9,12,14H,3-7,10-11H2,1-2H3,(H,19,20,24)/t14-/m0/s1. The molecule has 2 aromatic heterocycles. The minimum Gasteiger partial charge on any atom is -0.379 e. The van der Waals surface area contributed by atoms with Gasteiger partial charge in [0.15, 0.2) is 0 Å². The van der Waals surface area contributed by atoms with E-state index >= 15 is 0 Å². The van der Waals surface area contributed by atoms with Crippen molar-refractivity contribution in [1.82, 2.24) is 24.6 Å². The van der Waals surface area contributed by atoms with Gasteiger partial charge in [0.25, 0.3) is 5.56 Å². The van der Waals surface area contributed by atoms with Gasteiger partial charge in [0, 0.05) is 49.9 Å². The molecule has 2 aromatic rings. The molecule has 1 atom stereocenters. The molecule has 8 heteroatoms. The molecule has 3 heterocycles. The Morgan fingerprint density at radius 2 is 2.31 bits per heavy atom. The van der Waals surface area contributed by atoms with Crippen molar-refractivity contribution in [3.05, 3.63) is 45.9 Å². The highest BCUT2D eigenvalue weighted by Gasteiger charge is 2.23. The minimum absolute atomic E-state index is 0.127. The molecule has 1 N–H and O–H groups in total. The minimum atomic E-state index is -0.163. The third-order valence-corrected chi connectivity index (χ3v) is 4.87. The highest BCUT2D eigenvalue weighted by Crippen LogP contribution is 2.15. The third kappa shape index (κ3) is 4.57. The SMILES string of the molecule is Cc1c(CCC(=O)N2CCOC[C@@H](Cc3cc(=O)[nH]cn3)C2)cnn1C. The molecule has 0 spiro atoms. The largest absolute Gasteiger partial charge is 0.379 e. The number of amides is 1. The van der Waals surface area contributed by atoms with Gasteiger partial charge in [0.2, 0.25) is 5.91 Å². The Morgan fingerprint density at radius 1 is 1.46 bits per heavy atom. The Labute approximate surface area is 152 Å². The Morgan fingerprint density at radius 3 is 3.04 bits per heavy atom. The number of H-pyrrole nitrogens is 1. The zero-order valence-corrected chi connectivity index (χ0v) is 15.3. The molecule has 0 unspecified atom stereocenters. The van der Waals surface area contributed by atoms with E-state index < -0.39 is 0 Å². The zero-order chi connectivity index (χ0) is 18.5. The van der Waals surface area contributed by atoms with Crippen LogP contribution in [0.5, 0.6) is 0 Å². The summed E-state index contributed by atoms with van der Waals surface area (Å²) in [5.41, 5.74) is 2.76. The second-order valence-corrected chi connectivity index (χ2v) is 6.77. The van der Waals surface area contributed by atoms with Crippen molar-refractivity contribution >= 4 is 5.91 Å². The molecule has 1 fully saturated rings. The molecule has 8 nitrogen and oxygen atoms in total. The number of rotatable bonds is 5. The van der Waals surface area contributed by atoms with E-state index in [0.29, 0.717) is 45.6 Å². The van der Waals surface area contributed by atoms with Crippen LogP contribution in [-0.2, 0) is 29.4 Å². The summed E-state index contributed by atoms with van der Waals surface area (Å²) in [6, 6.07) is 1.50. The molecule has 0 bridgehead atoms. The first-order valence-corrected chi connectivity index (χ1v) is 8.89. The average Bonchev–Trinajstić information content (AvgIpc) is 2.81. The summed E-state index contributed by atoms with van der Waals surface area (Å²) in [6.07, 6.45) is 5.01. The van der Waals surface area contributed by atoms with Crippen molar-refractivity contribution in [1.29, 1.82) is 0 Å². The van der Waals surface area contributed by atoms with E-state index in [-0.39, 0.29) is 17.4 Å². The summed E-state index contributed by atoms with van der Waals surface area (Å²) >= 11 is 0. The van der Waals surface area contributed by atoms with Gasteiger partial charge in [-0.2, -0.15) is 5.10 Å². The molecule has 1 amide bonds. The lowest BCUT2D eigenvalue weighted by Crippen LogP contribution is -2.36. The first-order valence-electron chi connectivity index (χ1n) is 8.89. The van der Waals surface area contributed by atoms with Crippen LogP contribution in [-0.4, -0.2) is 56.9 Å². The molecule has 1 saturated heterocycles. The maximum Gasteiger partial charge on any atom is 0.250 e. The molecule has 26 heavy (non-hydrogen) atoms. The molecule has 1 aliphatic heterocycles. The van der Waals surface area contributed by atoms with Gasteiger partial charge in [-0.1, -0.05) is 0 Å². The fourth-order valence-corrected chi connectivity index (χ4v) is 3.24. The van der Waals surface area contributed by atoms with E-state index in [1.807, 2.05) is 29.7 Å². The van der Waals surface area contributed by atoms with Crippen LogP contribution < -0.4 is 5.56 Å². The lowest BCUT2D eigenvalue weighted by molar-refractivity contribution is -0.131. The number of aromatic nitrogens is 4. The molecular weight excluding hydrogens is 334 g/mol. The molecule has 0 aliphatic carbocycles. The quantitative estimate of drug-likeness (QED) is 0.837. The molecule has 0 aromatic carbocycles. The highest BCUT2D eigenvalue weighted by molar-refractivity contribution is 5.76. The summed E-state index contributed by atoms with van der Waals surface area (Å²) < 4.78 is 7.48. The first-order chi connectivity index (χ1) is 12.5. The van der Waals surface area contributed by atoms with Gasteiger partial charge in [0.05, 0.1) is 25.7 Å². The number of ether oxygens (including phenoxy) is 1. The van der Waals surface area contributed by atoms with Gasteiger partial charge < -0.3 is 14.6 Å². The second kappa shape index (κ2) is 8.27. The Bertz CT molecular complexity index is 813. The highest BCUT2D eigenvalue weighted by atomic mass is 16.5. The Balaban J connectivity index is 1.58. The van der Waals surface area contributed by atoms with Crippen LogP contribution in [0.1, 0.15) is 23.4 Å². The van der Waals surface area contributed by atoms with Gasteiger partial charge in [-0.05, 0) is 25.3 Å². The van der Waals surface area contributed by atoms with E-state index in [0.717, 1.165) is 17.0 Å². The average molecular weight is 359 g/mol. The van der Waals surface area contributed by atoms with Crippen LogP contribution in [0.25, 0.3) is 0 Å². The normalized spacial score (nSPS) is 17.9. The monoisotopic (exact) mass is 359 g/mol. The van der Waals surface area contributed by atoms with Crippen molar-refractivity contribution in [3.63, 3.8) is 0 Å². The van der Waals surface area contributed by atoms with E-state index in [2.05, 4.69) is 15.1 Å². The number of carbonyl (C=O) groups excluding carboxylic acids is 1. The van der Waals surface area contributed by atoms with Gasteiger partial charge in [0.1, 0.15) is 0 Å². The molecule has 140 valence electrons. The smallest absolute Gasteiger partial charge is 0.250 e. The van der Waals surface area contributed by atoms with E-state index in [4.69, 9.17) is 4.74 Å². The van der Waals surface area contributed by atoms with E-state index in [9.17, 15) is 9.59 Å². The molecule has 1 aliphatic rings. The molecular formula is C18H25N5O3. The number of nitrogens with zero attached hydrogens (tertiary/aromatic N) is 4. The van der Waals surface area contributed by atoms with Crippen molar-refractivity contribution in [2.24, 2.45) is 13.0 Å². The van der Waals surface area contributed by atoms with Gasteiger partial charge in [-0.25, -0.2) is 4.98 Å². The fraction of sp³-hybridized carbons (Fsp3) is 0.556. The lowest BCUT2D eigenvalue weighted by Gasteiger charge is -2.23. The lowest BCUT2D eigenvalue weighted by atomic mass is 10.0. The predicted molar refractivity (Wildman–Crippen MR) is 95.7 cm³/mol. The fourth-order valence-electron chi connectivity index (χ4n) is 3.24. The predicted octanol–water partition coefficient (Wildman–Crippen LogP) is 0.462. The van der Waals surface area contributed by atoms with Gasteiger partial charge in [-0.15, -0.1) is 0 Å². The van der Waals surface area contributed by atoms with Gasteiger partial charge >= 0.3 is 0 Å². The number of hydrogen-bond acceptors (Lipinski definition) is 5. The van der Waals surface area contributed by atoms with Crippen molar-refractivity contribution in [2.75, 3.05) is 26.3 Å². The number of aromatic amines is 1. The van der Waals surface area contributed by atoms with Crippen LogP contribution in [0.2, 0.25) is 0 Å². The zero-order valence-electron chi connectivity index (χ0n) is 15.3. The second-order valence-electron chi connectivity index (χ2n) is 6.77. The summed E-state index contributed by atoms with van der Waals surface area (Å²) in [6.45, 7) is 4.34. The number of nitrogens with one attached hydrogen (secondary N) is 1. The first kappa shape index (κ1) is 18.3. The van der Waals surface area contributed by atoms with E-state index in [1.54, 1.807) is 0 Å². The van der Waals surface area contributed by atoms with Crippen LogP contribution in [0, 0.1) is 12.8 Å². The summed E-state index contributed by atoms with van der Waals surface area (Å²) in [7, 11) is 1.90. The maximum absolute atomic E-state index is 12.7. The van der Waals surface area contributed by atoms with Crippen molar-refractivity contribution in [3.8, 4) is 0 Å². The molecule has 3 rings (SSSR count). The van der Waals surface area contributed by atoms with Crippen LogP contribution in [0.15, 0.2) is 23.4 Å². The van der Waals surface area contributed by atoms with Crippen LogP contribution in [0.4, 0.5) is 0 Å². The Kier molecular flexibility index (Phi) is 5.82. The van der Waals surface area contributed by atoms with Gasteiger partial charge in [-0.3, -0.25) is 14.3 Å². The number of carbonyl (C=O) groups is 1. The third-order valence-electron chi connectivity index (χ3n) is 4.87. The number of hydrogen-bond donors (Lipinski definition) is 1. The van der Waals surface area contributed by atoms with Crippen molar-refractivity contribution in [2.45, 2.75) is 26.2 Å². The summed E-state index contributed by atoms with van der Waals surface area (Å²) in [4.78, 5) is 32.7. The van der Waals surface area contributed by atoms with Crippen LogP contribution in [0.3, 0.4) is 0 Å². The number of aryl methyl sites for hydroxylation is 2. The maximum atomic E-state index is 12.7. The van der Waals surface area contributed by atoms with Crippen LogP contribution >= 0.6 is 0 Å². The topological polar surface area (TPSA) is 93.1 Å². The summed E-state index contributed by atoms with van der Waals surface area (Å²) in [5.74, 6) is 0.262. The Hall–Kier alpha value is -2.48. The van der Waals surface area contributed by atoms with E-state index in [1.165, 1.54) is 12.4 Å². The molecule has 0 radical (unpaired) electrons. The molecule has 0 saturated carbocycles.